The van der Waals surface area contributed by atoms with Crippen LogP contribution < -0.4 is 0 Å². The molecule has 0 bridgehead atoms. The summed E-state index contributed by atoms with van der Waals surface area (Å²) in [5, 5.41) is 9.32. The number of likely N-dealkylation sites (tertiary alicyclic amines) is 1. The summed E-state index contributed by atoms with van der Waals surface area (Å²) in [7, 11) is 0. The first-order chi connectivity index (χ1) is 13.5. The molecule has 3 aromatic rings. The van der Waals surface area contributed by atoms with Crippen molar-refractivity contribution in [2.45, 2.75) is 39.3 Å². The van der Waals surface area contributed by atoms with Crippen molar-refractivity contribution in [3.63, 3.8) is 0 Å². The predicted molar refractivity (Wildman–Crippen MR) is 107 cm³/mol. The van der Waals surface area contributed by atoms with E-state index in [9.17, 15) is 14.7 Å². The highest BCUT2D eigenvalue weighted by Crippen LogP contribution is 2.34. The molecule has 1 aliphatic rings. The molecule has 6 nitrogen and oxygen atoms in total. The van der Waals surface area contributed by atoms with E-state index < -0.39 is 5.97 Å². The van der Waals surface area contributed by atoms with Crippen LogP contribution in [0.4, 0.5) is 0 Å². The summed E-state index contributed by atoms with van der Waals surface area (Å²) in [6.45, 7) is 5.31. The summed E-state index contributed by atoms with van der Waals surface area (Å²) in [6, 6.07) is 12.7. The first-order valence-electron chi connectivity index (χ1n) is 9.60. The Balaban J connectivity index is 1.73. The van der Waals surface area contributed by atoms with Crippen molar-refractivity contribution in [2.24, 2.45) is 0 Å². The van der Waals surface area contributed by atoms with Gasteiger partial charge in [0.2, 0.25) is 0 Å². The van der Waals surface area contributed by atoms with Gasteiger partial charge in [-0.1, -0.05) is 12.1 Å². The Hall–Kier alpha value is -3.15. The van der Waals surface area contributed by atoms with Crippen LogP contribution in [-0.2, 0) is 6.54 Å². The van der Waals surface area contributed by atoms with Crippen molar-refractivity contribution in [2.75, 3.05) is 6.54 Å². The number of aromatic nitrogens is 2. The fourth-order valence-corrected chi connectivity index (χ4v) is 4.15. The molecular weight excluding hydrogens is 354 g/mol. The van der Waals surface area contributed by atoms with E-state index in [4.69, 9.17) is 4.98 Å². The van der Waals surface area contributed by atoms with Crippen LogP contribution in [0.3, 0.4) is 0 Å². The SMILES string of the molecule is CCn1c(C2CCCN2C(=O)c2cc(C)cc(C(=O)O)c2)nc2ccccc21. The van der Waals surface area contributed by atoms with Crippen molar-refractivity contribution in [3.8, 4) is 0 Å². The average molecular weight is 377 g/mol. The van der Waals surface area contributed by atoms with Crippen molar-refractivity contribution in [1.82, 2.24) is 14.5 Å². The molecule has 1 amide bonds. The standard InChI is InChI=1S/C22H23N3O3/c1-3-24-18-8-5-4-7-17(18)23-20(24)19-9-6-10-25(19)21(26)15-11-14(2)12-16(13-15)22(27)28/h4-5,7-8,11-13,19H,3,6,9-10H2,1-2H3,(H,27,28). The molecule has 0 aliphatic carbocycles. The lowest BCUT2D eigenvalue weighted by molar-refractivity contribution is 0.0696. The molecule has 1 saturated heterocycles. The topological polar surface area (TPSA) is 75.4 Å². The van der Waals surface area contributed by atoms with Crippen LogP contribution in [0, 0.1) is 6.92 Å². The quantitative estimate of drug-likeness (QED) is 0.744. The lowest BCUT2D eigenvalue weighted by atomic mass is 10.0. The Morgan fingerprint density at radius 2 is 1.93 bits per heavy atom. The zero-order valence-electron chi connectivity index (χ0n) is 16.1. The monoisotopic (exact) mass is 377 g/mol. The number of nitrogens with zero attached hydrogens (tertiary/aromatic N) is 3. The van der Waals surface area contributed by atoms with Crippen molar-refractivity contribution >= 4 is 22.9 Å². The van der Waals surface area contributed by atoms with E-state index in [1.807, 2.05) is 23.1 Å². The molecule has 1 aromatic heterocycles. The number of carboxylic acid groups (broad SMARTS) is 1. The van der Waals surface area contributed by atoms with Crippen LogP contribution in [-0.4, -0.2) is 38.0 Å². The number of aromatic carboxylic acids is 1. The Bertz CT molecular complexity index is 1070. The highest BCUT2D eigenvalue weighted by atomic mass is 16.4. The number of carbonyl (C=O) groups is 2. The van der Waals surface area contributed by atoms with Crippen LogP contribution in [0.25, 0.3) is 11.0 Å². The molecule has 1 fully saturated rings. The van der Waals surface area contributed by atoms with Crippen LogP contribution >= 0.6 is 0 Å². The minimum absolute atomic E-state index is 0.103. The molecule has 144 valence electrons. The van der Waals surface area contributed by atoms with E-state index in [1.54, 1.807) is 19.1 Å². The second-order valence-electron chi connectivity index (χ2n) is 7.25. The molecule has 1 atom stereocenters. The number of para-hydroxylation sites is 2. The zero-order chi connectivity index (χ0) is 19.8. The summed E-state index contributed by atoms with van der Waals surface area (Å²) < 4.78 is 2.17. The second kappa shape index (κ2) is 7.11. The van der Waals surface area contributed by atoms with E-state index in [1.165, 1.54) is 6.07 Å². The number of imidazole rings is 1. The van der Waals surface area contributed by atoms with Crippen LogP contribution in [0.15, 0.2) is 42.5 Å². The zero-order valence-corrected chi connectivity index (χ0v) is 16.1. The molecular formula is C22H23N3O3. The van der Waals surface area contributed by atoms with Crippen molar-refractivity contribution in [1.29, 1.82) is 0 Å². The normalized spacial score (nSPS) is 16.6. The van der Waals surface area contributed by atoms with Gasteiger partial charge in [0.25, 0.3) is 5.91 Å². The summed E-state index contributed by atoms with van der Waals surface area (Å²) in [4.78, 5) is 31.3. The van der Waals surface area contributed by atoms with E-state index in [2.05, 4.69) is 17.6 Å². The first-order valence-corrected chi connectivity index (χ1v) is 9.60. The molecule has 2 heterocycles. The van der Waals surface area contributed by atoms with Gasteiger partial charge < -0.3 is 14.6 Å². The lowest BCUT2D eigenvalue weighted by Gasteiger charge is -2.25. The third kappa shape index (κ3) is 3.05. The van der Waals surface area contributed by atoms with Crippen molar-refractivity contribution in [3.05, 3.63) is 65.0 Å². The number of hydrogen-bond donors (Lipinski definition) is 1. The van der Waals surface area contributed by atoms with Gasteiger partial charge in [-0.3, -0.25) is 4.79 Å². The Kier molecular flexibility index (Phi) is 4.63. The molecule has 6 heteroatoms. The Morgan fingerprint density at radius 3 is 2.68 bits per heavy atom. The number of amides is 1. The number of hydrogen-bond acceptors (Lipinski definition) is 3. The maximum atomic E-state index is 13.3. The van der Waals surface area contributed by atoms with E-state index >= 15 is 0 Å². The van der Waals surface area contributed by atoms with Gasteiger partial charge in [-0.05, 0) is 62.6 Å². The number of aryl methyl sites for hydroxylation is 2. The molecule has 0 radical (unpaired) electrons. The minimum Gasteiger partial charge on any atom is -0.478 e. The molecule has 0 saturated carbocycles. The largest absolute Gasteiger partial charge is 0.478 e. The summed E-state index contributed by atoms with van der Waals surface area (Å²) in [6.07, 6.45) is 1.76. The van der Waals surface area contributed by atoms with Gasteiger partial charge in [0, 0.05) is 18.7 Å². The fourth-order valence-electron chi connectivity index (χ4n) is 4.15. The van der Waals surface area contributed by atoms with Gasteiger partial charge in [0.15, 0.2) is 0 Å². The summed E-state index contributed by atoms with van der Waals surface area (Å²) in [5.41, 5.74) is 3.33. The van der Waals surface area contributed by atoms with E-state index in [-0.39, 0.29) is 17.5 Å². The second-order valence-corrected chi connectivity index (χ2v) is 7.25. The van der Waals surface area contributed by atoms with Gasteiger partial charge in [0.1, 0.15) is 5.82 Å². The molecule has 1 N–H and O–H groups in total. The number of carboxylic acids is 1. The highest BCUT2D eigenvalue weighted by Gasteiger charge is 2.34. The van der Waals surface area contributed by atoms with Gasteiger partial charge in [-0.25, -0.2) is 9.78 Å². The highest BCUT2D eigenvalue weighted by molar-refractivity contribution is 5.98. The predicted octanol–water partition coefficient (Wildman–Crippen LogP) is 4.04. The molecule has 28 heavy (non-hydrogen) atoms. The third-order valence-electron chi connectivity index (χ3n) is 5.38. The summed E-state index contributed by atoms with van der Waals surface area (Å²) in [5.74, 6) is -0.257. The molecule has 1 aliphatic heterocycles. The molecule has 4 rings (SSSR count). The minimum atomic E-state index is -1.02. The average Bonchev–Trinajstić information content (AvgIpc) is 3.30. The van der Waals surface area contributed by atoms with Gasteiger partial charge in [-0.2, -0.15) is 0 Å². The maximum absolute atomic E-state index is 13.3. The van der Waals surface area contributed by atoms with Crippen molar-refractivity contribution < 1.29 is 14.7 Å². The summed E-state index contributed by atoms with van der Waals surface area (Å²) >= 11 is 0. The first kappa shape index (κ1) is 18.2. The van der Waals surface area contributed by atoms with E-state index in [0.29, 0.717) is 12.1 Å². The van der Waals surface area contributed by atoms with Crippen LogP contribution in [0.5, 0.6) is 0 Å². The van der Waals surface area contributed by atoms with Gasteiger partial charge in [0.05, 0.1) is 22.6 Å². The van der Waals surface area contributed by atoms with Gasteiger partial charge in [-0.15, -0.1) is 0 Å². The smallest absolute Gasteiger partial charge is 0.335 e. The Morgan fingerprint density at radius 1 is 1.18 bits per heavy atom. The van der Waals surface area contributed by atoms with E-state index in [0.717, 1.165) is 41.8 Å². The molecule has 0 spiro atoms. The number of benzene rings is 2. The molecule has 1 unspecified atom stereocenters. The number of carbonyl (C=O) groups excluding carboxylic acids is 1. The number of rotatable bonds is 4. The fraction of sp³-hybridized carbons (Fsp3) is 0.318. The van der Waals surface area contributed by atoms with Crippen LogP contribution in [0.1, 0.15) is 57.9 Å². The molecule has 2 aromatic carbocycles. The van der Waals surface area contributed by atoms with Gasteiger partial charge >= 0.3 is 5.97 Å². The maximum Gasteiger partial charge on any atom is 0.335 e. The number of fused-ring (bicyclic) bond motifs is 1. The third-order valence-corrected chi connectivity index (χ3v) is 5.38. The lowest BCUT2D eigenvalue weighted by Crippen LogP contribution is -2.32. The Labute approximate surface area is 163 Å². The van der Waals surface area contributed by atoms with Crippen LogP contribution in [0.2, 0.25) is 0 Å².